The van der Waals surface area contributed by atoms with Crippen molar-refractivity contribution in [1.29, 1.82) is 0 Å². The number of Topliss-reactive ketones (excluding diaryl/α,β-unsaturated/α-hetero) is 1. The Labute approximate surface area is 100 Å². The summed E-state index contributed by atoms with van der Waals surface area (Å²) >= 11 is 0. The minimum atomic E-state index is -0.924. The quantitative estimate of drug-likeness (QED) is 0.472. The summed E-state index contributed by atoms with van der Waals surface area (Å²) in [5, 5.41) is 19.0. The van der Waals surface area contributed by atoms with E-state index < -0.39 is 24.3 Å². The van der Waals surface area contributed by atoms with E-state index in [1.165, 1.54) is 12.2 Å². The molecule has 0 fully saturated rings. The predicted octanol–water partition coefficient (Wildman–Crippen LogP) is 0.339. The summed E-state index contributed by atoms with van der Waals surface area (Å²) in [4.78, 5) is 22.7. The highest BCUT2D eigenvalue weighted by molar-refractivity contribution is 5.80. The molecule has 5 nitrogen and oxygen atoms in total. The van der Waals surface area contributed by atoms with Gasteiger partial charge in [-0.1, -0.05) is 12.2 Å². The highest BCUT2D eigenvalue weighted by atomic mass is 16.5. The van der Waals surface area contributed by atoms with Crippen molar-refractivity contribution in [3.05, 3.63) is 12.2 Å². The first-order valence-corrected chi connectivity index (χ1v) is 5.71. The molecule has 0 aromatic heterocycles. The number of carbonyl (C=O) groups excluding carboxylic acids is 2. The lowest BCUT2D eigenvalue weighted by Gasteiger charge is -2.18. The van der Waals surface area contributed by atoms with Gasteiger partial charge in [-0.3, -0.25) is 9.59 Å². The maximum Gasteiger partial charge on any atom is 0.309 e. The van der Waals surface area contributed by atoms with E-state index in [-0.39, 0.29) is 31.5 Å². The first-order valence-electron chi connectivity index (χ1n) is 5.71. The van der Waals surface area contributed by atoms with Gasteiger partial charge in [0.05, 0.1) is 18.6 Å². The number of esters is 1. The van der Waals surface area contributed by atoms with E-state index in [9.17, 15) is 19.8 Å². The number of rotatable bonds is 0. The number of carbonyl (C=O) groups is 2. The van der Waals surface area contributed by atoms with Crippen molar-refractivity contribution < 1.29 is 24.5 Å². The van der Waals surface area contributed by atoms with Crippen LogP contribution in [0.15, 0.2) is 12.2 Å². The van der Waals surface area contributed by atoms with Crippen molar-refractivity contribution in [2.45, 2.75) is 50.9 Å². The Kier molecular flexibility index (Phi) is 5.31. The van der Waals surface area contributed by atoms with E-state index in [0.717, 1.165) is 0 Å². The molecular weight excluding hydrogens is 224 g/mol. The molecule has 0 radical (unpaired) electrons. The van der Waals surface area contributed by atoms with Crippen LogP contribution in [0.5, 0.6) is 0 Å². The zero-order valence-electron chi connectivity index (χ0n) is 9.83. The Balaban J connectivity index is 2.67. The Morgan fingerprint density at radius 3 is 2.71 bits per heavy atom. The zero-order valence-corrected chi connectivity index (χ0v) is 9.83. The number of cyclic esters (lactones) is 1. The third-order valence-electron chi connectivity index (χ3n) is 2.48. The summed E-state index contributed by atoms with van der Waals surface area (Å²) in [5.41, 5.74) is 0. The molecule has 1 aliphatic rings. The van der Waals surface area contributed by atoms with Crippen LogP contribution in [0.2, 0.25) is 0 Å². The van der Waals surface area contributed by atoms with Crippen LogP contribution in [0.3, 0.4) is 0 Å². The smallest absolute Gasteiger partial charge is 0.309 e. The van der Waals surface area contributed by atoms with Gasteiger partial charge in [0.1, 0.15) is 11.9 Å². The molecule has 0 aliphatic carbocycles. The van der Waals surface area contributed by atoms with Crippen LogP contribution in [-0.4, -0.2) is 40.3 Å². The fourth-order valence-corrected chi connectivity index (χ4v) is 1.73. The summed E-state index contributed by atoms with van der Waals surface area (Å²) in [6, 6.07) is 0. The molecule has 1 unspecified atom stereocenters. The van der Waals surface area contributed by atoms with E-state index in [1.54, 1.807) is 6.92 Å². The highest BCUT2D eigenvalue weighted by Crippen LogP contribution is 2.11. The van der Waals surface area contributed by atoms with Crippen molar-refractivity contribution in [3.63, 3.8) is 0 Å². The van der Waals surface area contributed by atoms with Crippen molar-refractivity contribution in [3.8, 4) is 0 Å². The molecule has 1 heterocycles. The zero-order chi connectivity index (χ0) is 12.8. The third kappa shape index (κ3) is 5.60. The number of hydrogen-bond donors (Lipinski definition) is 2. The Hall–Kier alpha value is -1.20. The van der Waals surface area contributed by atoms with Gasteiger partial charge in [-0.25, -0.2) is 0 Å². The van der Waals surface area contributed by atoms with Gasteiger partial charge in [-0.05, 0) is 6.92 Å². The molecule has 0 aromatic rings. The SMILES string of the molecule is C[C@@H]1CC(O)CC(=O)C/C=C/[C@@H](O)CC(=O)O1. The first kappa shape index (κ1) is 13.9. The Bertz CT molecular complexity index is 310. The summed E-state index contributed by atoms with van der Waals surface area (Å²) in [6.45, 7) is 1.65. The van der Waals surface area contributed by atoms with E-state index in [4.69, 9.17) is 4.74 Å². The van der Waals surface area contributed by atoms with E-state index in [2.05, 4.69) is 0 Å². The number of aliphatic hydroxyl groups is 2. The maximum atomic E-state index is 11.4. The average Bonchev–Trinajstić information content (AvgIpc) is 2.14. The van der Waals surface area contributed by atoms with E-state index >= 15 is 0 Å². The van der Waals surface area contributed by atoms with E-state index in [0.29, 0.717) is 0 Å². The summed E-state index contributed by atoms with van der Waals surface area (Å²) < 4.78 is 5.00. The van der Waals surface area contributed by atoms with Crippen LogP contribution in [0.1, 0.15) is 32.6 Å². The van der Waals surface area contributed by atoms with E-state index in [1.807, 2.05) is 0 Å². The largest absolute Gasteiger partial charge is 0.462 e. The fraction of sp³-hybridized carbons (Fsp3) is 0.667. The van der Waals surface area contributed by atoms with Crippen molar-refractivity contribution >= 4 is 11.8 Å². The summed E-state index contributed by atoms with van der Waals surface area (Å²) in [7, 11) is 0. The predicted molar refractivity (Wildman–Crippen MR) is 60.2 cm³/mol. The molecule has 17 heavy (non-hydrogen) atoms. The van der Waals surface area contributed by atoms with Crippen LogP contribution < -0.4 is 0 Å². The molecule has 1 aliphatic heterocycles. The maximum absolute atomic E-state index is 11.4. The van der Waals surface area contributed by atoms with Crippen molar-refractivity contribution in [1.82, 2.24) is 0 Å². The van der Waals surface area contributed by atoms with Crippen LogP contribution in [0.25, 0.3) is 0 Å². The molecule has 3 atom stereocenters. The molecule has 2 N–H and O–H groups in total. The lowest BCUT2D eigenvalue weighted by atomic mass is 10.0. The van der Waals surface area contributed by atoms with Crippen LogP contribution in [0.4, 0.5) is 0 Å². The van der Waals surface area contributed by atoms with Crippen molar-refractivity contribution in [2.24, 2.45) is 0 Å². The third-order valence-corrected chi connectivity index (χ3v) is 2.48. The summed E-state index contributed by atoms with van der Waals surface area (Å²) in [5.74, 6) is -0.603. The highest BCUT2D eigenvalue weighted by Gasteiger charge is 2.19. The molecule has 0 saturated carbocycles. The van der Waals surface area contributed by atoms with Gasteiger partial charge in [0.15, 0.2) is 0 Å². The number of ketones is 1. The van der Waals surface area contributed by atoms with Crippen LogP contribution in [-0.2, 0) is 14.3 Å². The molecule has 0 spiro atoms. The van der Waals surface area contributed by atoms with Gasteiger partial charge >= 0.3 is 5.97 Å². The molecule has 0 aromatic carbocycles. The second kappa shape index (κ2) is 6.51. The number of ether oxygens (including phenoxy) is 1. The Morgan fingerprint density at radius 1 is 1.29 bits per heavy atom. The minimum Gasteiger partial charge on any atom is -0.462 e. The second-order valence-corrected chi connectivity index (χ2v) is 4.34. The number of allylic oxidation sites excluding steroid dienone is 1. The second-order valence-electron chi connectivity index (χ2n) is 4.34. The van der Waals surface area contributed by atoms with Gasteiger partial charge in [-0.15, -0.1) is 0 Å². The van der Waals surface area contributed by atoms with Gasteiger partial charge in [0, 0.05) is 19.3 Å². The molecule has 5 heteroatoms. The van der Waals surface area contributed by atoms with Crippen molar-refractivity contribution in [2.75, 3.05) is 0 Å². The molecular formula is C12H18O5. The molecule has 1 rings (SSSR count). The van der Waals surface area contributed by atoms with Gasteiger partial charge < -0.3 is 14.9 Å². The van der Waals surface area contributed by atoms with Gasteiger partial charge in [0.2, 0.25) is 0 Å². The topological polar surface area (TPSA) is 83.8 Å². The first-order chi connectivity index (χ1) is 7.97. The molecule has 96 valence electrons. The average molecular weight is 242 g/mol. The monoisotopic (exact) mass is 242 g/mol. The fourth-order valence-electron chi connectivity index (χ4n) is 1.73. The normalized spacial score (nSPS) is 34.4. The standard InChI is InChI=1S/C12H18O5/c1-8-5-11(15)6-9(13)3-2-4-10(14)7-12(16)17-8/h2,4,8,10-11,14-15H,3,5-7H2,1H3/b4-2+/t8-,10-,11?/m1/s1. The molecule has 0 amide bonds. The van der Waals surface area contributed by atoms with Crippen LogP contribution in [0, 0.1) is 0 Å². The van der Waals surface area contributed by atoms with Gasteiger partial charge in [0.25, 0.3) is 0 Å². The minimum absolute atomic E-state index is 0.0440. The van der Waals surface area contributed by atoms with Gasteiger partial charge in [-0.2, -0.15) is 0 Å². The lowest BCUT2D eigenvalue weighted by Crippen LogP contribution is -2.25. The lowest BCUT2D eigenvalue weighted by molar-refractivity contribution is -0.151. The number of aliphatic hydroxyl groups excluding tert-OH is 2. The Morgan fingerprint density at radius 2 is 2.00 bits per heavy atom. The van der Waals surface area contributed by atoms with Crippen LogP contribution >= 0.6 is 0 Å². The summed E-state index contributed by atoms with van der Waals surface area (Å²) in [6.07, 6.45) is 1.05. The molecule has 0 saturated heterocycles. The molecule has 0 bridgehead atoms. The number of hydrogen-bond acceptors (Lipinski definition) is 5.